The van der Waals surface area contributed by atoms with Crippen LogP contribution in [-0.4, -0.2) is 0 Å². The van der Waals surface area contributed by atoms with Gasteiger partial charge in [-0.2, -0.15) is 0 Å². The lowest BCUT2D eigenvalue weighted by Gasteiger charge is -2.28. The fourth-order valence-corrected chi connectivity index (χ4v) is 5.48. The standard InChI is InChI=1S/C16H16Br2S/c1-10-14(17)9-15(19-10)16(18)13-8-4-6-11-5-2-3-7-12(11)13/h2-3,5,7,9,13,16H,4,6,8H2,1H3. The Balaban J connectivity index is 1.95. The van der Waals surface area contributed by atoms with Gasteiger partial charge in [-0.05, 0) is 59.3 Å². The number of thiophene rings is 1. The summed E-state index contributed by atoms with van der Waals surface area (Å²) in [5, 5.41) is 0. The van der Waals surface area contributed by atoms with Crippen LogP contribution in [0.4, 0.5) is 0 Å². The van der Waals surface area contributed by atoms with E-state index in [1.165, 1.54) is 44.6 Å². The van der Waals surface area contributed by atoms with Gasteiger partial charge in [-0.1, -0.05) is 40.2 Å². The third-order valence-electron chi connectivity index (χ3n) is 3.92. The van der Waals surface area contributed by atoms with E-state index in [0.717, 1.165) is 0 Å². The highest BCUT2D eigenvalue weighted by Gasteiger charge is 2.28. The highest BCUT2D eigenvalue weighted by atomic mass is 79.9. The van der Waals surface area contributed by atoms with Crippen LogP contribution >= 0.6 is 43.2 Å². The number of fused-ring (bicyclic) bond motifs is 1. The Bertz CT molecular complexity index is 569. The summed E-state index contributed by atoms with van der Waals surface area (Å²) >= 11 is 9.48. The topological polar surface area (TPSA) is 0 Å². The molecule has 0 nitrogen and oxygen atoms in total. The van der Waals surface area contributed by atoms with Crippen molar-refractivity contribution in [3.8, 4) is 0 Å². The molecule has 1 aromatic carbocycles. The average Bonchev–Trinajstić information content (AvgIpc) is 2.77. The minimum atomic E-state index is 0.434. The van der Waals surface area contributed by atoms with Gasteiger partial charge in [0.1, 0.15) is 0 Å². The predicted molar refractivity (Wildman–Crippen MR) is 90.5 cm³/mol. The van der Waals surface area contributed by atoms with E-state index in [9.17, 15) is 0 Å². The van der Waals surface area contributed by atoms with Gasteiger partial charge in [0.05, 0.1) is 4.83 Å². The number of rotatable bonds is 2. The lowest BCUT2D eigenvalue weighted by atomic mass is 9.81. The smallest absolute Gasteiger partial charge is 0.0558 e. The van der Waals surface area contributed by atoms with E-state index in [1.807, 2.05) is 11.3 Å². The monoisotopic (exact) mass is 398 g/mol. The van der Waals surface area contributed by atoms with Crippen molar-refractivity contribution in [2.75, 3.05) is 0 Å². The van der Waals surface area contributed by atoms with E-state index in [4.69, 9.17) is 0 Å². The number of halogens is 2. The SMILES string of the molecule is Cc1sc(C(Br)C2CCCc3ccccc32)cc1Br. The Labute approximate surface area is 135 Å². The van der Waals surface area contributed by atoms with Crippen molar-refractivity contribution in [1.29, 1.82) is 0 Å². The first-order valence-corrected chi connectivity index (χ1v) is 9.17. The number of alkyl halides is 1. The molecule has 0 saturated heterocycles. The average molecular weight is 400 g/mol. The fourth-order valence-electron chi connectivity index (χ4n) is 2.91. The van der Waals surface area contributed by atoms with Crippen LogP contribution in [0.1, 0.15) is 44.5 Å². The van der Waals surface area contributed by atoms with Crippen molar-refractivity contribution in [2.24, 2.45) is 0 Å². The van der Waals surface area contributed by atoms with Gasteiger partial charge in [-0.3, -0.25) is 0 Å². The first kappa shape index (κ1) is 13.8. The van der Waals surface area contributed by atoms with Crippen LogP contribution < -0.4 is 0 Å². The molecule has 1 aliphatic carbocycles. The molecule has 0 fully saturated rings. The summed E-state index contributed by atoms with van der Waals surface area (Å²) in [6.45, 7) is 2.17. The van der Waals surface area contributed by atoms with Gasteiger partial charge < -0.3 is 0 Å². The van der Waals surface area contributed by atoms with Crippen LogP contribution in [0, 0.1) is 6.92 Å². The summed E-state index contributed by atoms with van der Waals surface area (Å²) in [6.07, 6.45) is 3.82. The van der Waals surface area contributed by atoms with Crippen molar-refractivity contribution in [1.82, 2.24) is 0 Å². The van der Waals surface area contributed by atoms with Crippen LogP contribution in [0.3, 0.4) is 0 Å². The molecule has 0 saturated carbocycles. The molecule has 0 N–H and O–H groups in total. The second-order valence-electron chi connectivity index (χ2n) is 5.15. The van der Waals surface area contributed by atoms with Crippen molar-refractivity contribution >= 4 is 43.2 Å². The van der Waals surface area contributed by atoms with E-state index in [2.05, 4.69) is 69.1 Å². The lowest BCUT2D eigenvalue weighted by molar-refractivity contribution is 0.550. The molecule has 0 amide bonds. The van der Waals surface area contributed by atoms with Gasteiger partial charge in [0.25, 0.3) is 0 Å². The van der Waals surface area contributed by atoms with Crippen LogP contribution in [0.15, 0.2) is 34.8 Å². The summed E-state index contributed by atoms with van der Waals surface area (Å²) in [5.41, 5.74) is 3.08. The summed E-state index contributed by atoms with van der Waals surface area (Å²) in [6, 6.07) is 11.2. The van der Waals surface area contributed by atoms with Crippen LogP contribution in [0.25, 0.3) is 0 Å². The zero-order chi connectivity index (χ0) is 13.4. The van der Waals surface area contributed by atoms with E-state index in [-0.39, 0.29) is 0 Å². The molecule has 2 unspecified atom stereocenters. The third kappa shape index (κ3) is 2.70. The third-order valence-corrected chi connectivity index (χ3v) is 7.57. The number of benzene rings is 1. The summed E-state index contributed by atoms with van der Waals surface area (Å²) in [4.78, 5) is 3.23. The molecule has 2 atom stereocenters. The zero-order valence-electron chi connectivity index (χ0n) is 10.8. The van der Waals surface area contributed by atoms with Gasteiger partial charge in [-0.25, -0.2) is 0 Å². The maximum absolute atomic E-state index is 3.95. The molecule has 0 radical (unpaired) electrons. The van der Waals surface area contributed by atoms with Gasteiger partial charge in [0.2, 0.25) is 0 Å². The molecule has 0 bridgehead atoms. The van der Waals surface area contributed by atoms with Crippen LogP contribution in [-0.2, 0) is 6.42 Å². The quantitative estimate of drug-likeness (QED) is 0.514. The zero-order valence-corrected chi connectivity index (χ0v) is 14.8. The number of aryl methyl sites for hydroxylation is 2. The van der Waals surface area contributed by atoms with E-state index >= 15 is 0 Å². The molecule has 3 heteroatoms. The molecule has 2 aromatic rings. The molecule has 1 heterocycles. The van der Waals surface area contributed by atoms with Gasteiger partial charge in [0.15, 0.2) is 0 Å². The van der Waals surface area contributed by atoms with Crippen molar-refractivity contribution in [2.45, 2.75) is 36.9 Å². The molecule has 1 aromatic heterocycles. The summed E-state index contributed by atoms with van der Waals surface area (Å²) in [5.74, 6) is 0.606. The normalized spacial score (nSPS) is 20.1. The Morgan fingerprint density at radius 3 is 2.84 bits per heavy atom. The molecular weight excluding hydrogens is 384 g/mol. The molecule has 19 heavy (non-hydrogen) atoms. The van der Waals surface area contributed by atoms with Crippen molar-refractivity contribution in [3.05, 3.63) is 55.7 Å². The Morgan fingerprint density at radius 2 is 2.11 bits per heavy atom. The first-order valence-electron chi connectivity index (χ1n) is 6.64. The van der Waals surface area contributed by atoms with Crippen LogP contribution in [0.5, 0.6) is 0 Å². The number of hydrogen-bond acceptors (Lipinski definition) is 1. The fraction of sp³-hybridized carbons (Fsp3) is 0.375. The predicted octanol–water partition coefficient (Wildman–Crippen LogP) is 6.38. The number of hydrogen-bond donors (Lipinski definition) is 0. The van der Waals surface area contributed by atoms with E-state index < -0.39 is 0 Å². The molecule has 1 aliphatic rings. The largest absolute Gasteiger partial charge is 0.143 e. The maximum Gasteiger partial charge on any atom is 0.0558 e. The van der Waals surface area contributed by atoms with Gasteiger partial charge in [-0.15, -0.1) is 11.3 Å². The van der Waals surface area contributed by atoms with Crippen LogP contribution in [0.2, 0.25) is 0 Å². The summed E-state index contributed by atoms with van der Waals surface area (Å²) in [7, 11) is 0. The molecule has 0 spiro atoms. The highest BCUT2D eigenvalue weighted by molar-refractivity contribution is 9.10. The molecular formula is C16H16Br2S. The Kier molecular flexibility index (Phi) is 4.16. The van der Waals surface area contributed by atoms with Crippen molar-refractivity contribution < 1.29 is 0 Å². The summed E-state index contributed by atoms with van der Waals surface area (Å²) < 4.78 is 1.24. The second kappa shape index (κ2) is 5.71. The maximum atomic E-state index is 3.95. The lowest BCUT2D eigenvalue weighted by Crippen LogP contribution is -2.13. The minimum absolute atomic E-state index is 0.434. The first-order chi connectivity index (χ1) is 9.16. The second-order valence-corrected chi connectivity index (χ2v) is 8.28. The van der Waals surface area contributed by atoms with Gasteiger partial charge in [0, 0.05) is 20.1 Å². The minimum Gasteiger partial charge on any atom is -0.143 e. The van der Waals surface area contributed by atoms with Crippen molar-refractivity contribution in [3.63, 3.8) is 0 Å². The molecule has 0 aliphatic heterocycles. The Hall–Kier alpha value is -0.120. The Morgan fingerprint density at radius 1 is 1.32 bits per heavy atom. The highest BCUT2D eigenvalue weighted by Crippen LogP contribution is 2.47. The van der Waals surface area contributed by atoms with Gasteiger partial charge >= 0.3 is 0 Å². The van der Waals surface area contributed by atoms with E-state index in [1.54, 1.807) is 0 Å². The van der Waals surface area contributed by atoms with E-state index in [0.29, 0.717) is 10.7 Å². The molecule has 100 valence electrons. The molecule has 3 rings (SSSR count).